The molecule has 0 saturated heterocycles. The van der Waals surface area contributed by atoms with Crippen LogP contribution >= 0.6 is 0 Å². The first-order valence-corrected chi connectivity index (χ1v) is 7.25. The zero-order chi connectivity index (χ0) is 15.0. The Morgan fingerprint density at radius 1 is 1.10 bits per heavy atom. The van der Waals surface area contributed by atoms with Crippen molar-refractivity contribution in [1.82, 2.24) is 4.90 Å². The molecule has 0 aromatic heterocycles. The van der Waals surface area contributed by atoms with Crippen LogP contribution in [0.4, 0.5) is 0 Å². The maximum atomic E-state index is 9.25. The third-order valence-corrected chi connectivity index (χ3v) is 3.68. The number of aliphatic hydroxyl groups is 1. The maximum Gasteiger partial charge on any atom is 0.161 e. The van der Waals surface area contributed by atoms with E-state index < -0.39 is 0 Å². The van der Waals surface area contributed by atoms with Crippen LogP contribution < -0.4 is 9.47 Å². The van der Waals surface area contributed by atoms with Crippen LogP contribution in [0.3, 0.4) is 0 Å². The highest BCUT2D eigenvalue weighted by atomic mass is 16.5. The summed E-state index contributed by atoms with van der Waals surface area (Å²) in [5.41, 5.74) is 1.17. The number of methoxy groups -OCH3 is 2. The Kier molecular flexibility index (Phi) is 7.41. The predicted molar refractivity (Wildman–Crippen MR) is 81.4 cm³/mol. The van der Waals surface area contributed by atoms with Crippen LogP contribution in [0, 0.1) is 0 Å². The number of ether oxygens (including phenoxy) is 2. The second-order valence-electron chi connectivity index (χ2n) is 4.85. The molecule has 0 amide bonds. The molecule has 1 aromatic carbocycles. The molecule has 1 aromatic rings. The zero-order valence-electron chi connectivity index (χ0n) is 13.1. The van der Waals surface area contributed by atoms with Gasteiger partial charge >= 0.3 is 0 Å². The molecule has 0 spiro atoms. The average molecular weight is 281 g/mol. The molecule has 1 rings (SSSR count). The zero-order valence-corrected chi connectivity index (χ0v) is 13.1. The SMILES string of the molecule is CCC(CC)N(CCO)Cc1ccc(OC)c(OC)c1. The Balaban J connectivity index is 2.87. The predicted octanol–water partition coefficient (Wildman–Crippen LogP) is 2.69. The highest BCUT2D eigenvalue weighted by molar-refractivity contribution is 5.42. The first kappa shape index (κ1) is 16.8. The van der Waals surface area contributed by atoms with Crippen LogP contribution in [0.1, 0.15) is 32.3 Å². The summed E-state index contributed by atoms with van der Waals surface area (Å²) in [5, 5.41) is 9.25. The summed E-state index contributed by atoms with van der Waals surface area (Å²) < 4.78 is 10.6. The van der Waals surface area contributed by atoms with Gasteiger partial charge in [-0.1, -0.05) is 19.9 Å². The smallest absolute Gasteiger partial charge is 0.161 e. The van der Waals surface area contributed by atoms with Crippen molar-refractivity contribution < 1.29 is 14.6 Å². The Morgan fingerprint density at radius 2 is 1.75 bits per heavy atom. The fourth-order valence-corrected chi connectivity index (χ4v) is 2.54. The van der Waals surface area contributed by atoms with E-state index in [-0.39, 0.29) is 6.61 Å². The molecule has 0 heterocycles. The lowest BCUT2D eigenvalue weighted by Gasteiger charge is -2.30. The van der Waals surface area contributed by atoms with Crippen LogP contribution in [0.15, 0.2) is 18.2 Å². The van der Waals surface area contributed by atoms with Gasteiger partial charge in [0, 0.05) is 19.1 Å². The summed E-state index contributed by atoms with van der Waals surface area (Å²) in [4.78, 5) is 2.32. The molecular weight excluding hydrogens is 254 g/mol. The fourth-order valence-electron chi connectivity index (χ4n) is 2.54. The van der Waals surface area contributed by atoms with Gasteiger partial charge in [-0.2, -0.15) is 0 Å². The lowest BCUT2D eigenvalue weighted by molar-refractivity contribution is 0.136. The third kappa shape index (κ3) is 4.39. The van der Waals surface area contributed by atoms with Gasteiger partial charge in [0.15, 0.2) is 11.5 Å². The van der Waals surface area contributed by atoms with Crippen molar-refractivity contribution in [1.29, 1.82) is 0 Å². The van der Waals surface area contributed by atoms with Crippen LogP contribution in [-0.2, 0) is 6.54 Å². The molecule has 114 valence electrons. The molecule has 1 N–H and O–H groups in total. The van der Waals surface area contributed by atoms with Gasteiger partial charge in [0.05, 0.1) is 20.8 Å². The number of aliphatic hydroxyl groups excluding tert-OH is 1. The molecule has 0 aliphatic rings. The molecule has 4 heteroatoms. The van der Waals surface area contributed by atoms with E-state index in [1.807, 2.05) is 18.2 Å². The van der Waals surface area contributed by atoms with Gasteiger partial charge in [-0.05, 0) is 30.5 Å². The molecular formula is C16H27NO3. The molecule has 0 fully saturated rings. The second-order valence-corrected chi connectivity index (χ2v) is 4.85. The molecule has 0 bridgehead atoms. The van der Waals surface area contributed by atoms with Gasteiger partial charge in [-0.25, -0.2) is 0 Å². The van der Waals surface area contributed by atoms with Crippen molar-refractivity contribution in [3.05, 3.63) is 23.8 Å². The van der Waals surface area contributed by atoms with Crippen LogP contribution in [0.25, 0.3) is 0 Å². The van der Waals surface area contributed by atoms with Crippen molar-refractivity contribution in [3.8, 4) is 11.5 Å². The summed E-state index contributed by atoms with van der Waals surface area (Å²) >= 11 is 0. The van der Waals surface area contributed by atoms with E-state index in [9.17, 15) is 5.11 Å². The topological polar surface area (TPSA) is 41.9 Å². The minimum atomic E-state index is 0.184. The van der Waals surface area contributed by atoms with Gasteiger partial charge in [-0.15, -0.1) is 0 Å². The fraction of sp³-hybridized carbons (Fsp3) is 0.625. The largest absolute Gasteiger partial charge is 0.493 e. The van der Waals surface area contributed by atoms with Crippen LogP contribution in [-0.4, -0.2) is 43.4 Å². The van der Waals surface area contributed by atoms with E-state index in [2.05, 4.69) is 18.7 Å². The van der Waals surface area contributed by atoms with Gasteiger partial charge in [-0.3, -0.25) is 4.90 Å². The van der Waals surface area contributed by atoms with Crippen molar-refractivity contribution in [2.75, 3.05) is 27.4 Å². The minimum absolute atomic E-state index is 0.184. The third-order valence-electron chi connectivity index (χ3n) is 3.68. The lowest BCUT2D eigenvalue weighted by atomic mass is 10.1. The summed E-state index contributed by atoms with van der Waals surface area (Å²) in [6, 6.07) is 6.48. The Morgan fingerprint density at radius 3 is 2.25 bits per heavy atom. The Labute approximate surface area is 122 Å². The van der Waals surface area contributed by atoms with Gasteiger partial charge in [0.1, 0.15) is 0 Å². The maximum absolute atomic E-state index is 9.25. The first-order valence-electron chi connectivity index (χ1n) is 7.25. The molecule has 0 aliphatic carbocycles. The van der Waals surface area contributed by atoms with E-state index in [0.717, 1.165) is 30.9 Å². The van der Waals surface area contributed by atoms with Gasteiger partial charge in [0.25, 0.3) is 0 Å². The number of hydrogen-bond acceptors (Lipinski definition) is 4. The van der Waals surface area contributed by atoms with E-state index in [1.54, 1.807) is 14.2 Å². The summed E-state index contributed by atoms with van der Waals surface area (Å²) in [6.45, 7) is 6.07. The summed E-state index contributed by atoms with van der Waals surface area (Å²) in [7, 11) is 3.29. The highest BCUT2D eigenvalue weighted by Gasteiger charge is 2.15. The molecule has 20 heavy (non-hydrogen) atoms. The van der Waals surface area contributed by atoms with Crippen LogP contribution in [0.5, 0.6) is 11.5 Å². The molecule has 0 saturated carbocycles. The highest BCUT2D eigenvalue weighted by Crippen LogP contribution is 2.28. The van der Waals surface area contributed by atoms with Crippen LogP contribution in [0.2, 0.25) is 0 Å². The normalized spacial score (nSPS) is 11.2. The van der Waals surface area contributed by atoms with E-state index in [1.165, 1.54) is 5.56 Å². The average Bonchev–Trinajstić information content (AvgIpc) is 2.48. The second kappa shape index (κ2) is 8.82. The van der Waals surface area contributed by atoms with Gasteiger partial charge in [0.2, 0.25) is 0 Å². The number of hydrogen-bond donors (Lipinski definition) is 1. The summed E-state index contributed by atoms with van der Waals surface area (Å²) in [5.74, 6) is 1.49. The van der Waals surface area contributed by atoms with Crippen molar-refractivity contribution in [3.63, 3.8) is 0 Å². The van der Waals surface area contributed by atoms with Crippen molar-refractivity contribution in [2.45, 2.75) is 39.3 Å². The minimum Gasteiger partial charge on any atom is -0.493 e. The molecule has 0 radical (unpaired) electrons. The number of nitrogens with zero attached hydrogens (tertiary/aromatic N) is 1. The van der Waals surface area contributed by atoms with E-state index in [4.69, 9.17) is 9.47 Å². The Bertz CT molecular complexity index is 391. The molecule has 0 aliphatic heterocycles. The Hall–Kier alpha value is -1.26. The number of rotatable bonds is 9. The van der Waals surface area contributed by atoms with E-state index >= 15 is 0 Å². The summed E-state index contributed by atoms with van der Waals surface area (Å²) in [6.07, 6.45) is 2.17. The number of benzene rings is 1. The molecule has 4 nitrogen and oxygen atoms in total. The monoisotopic (exact) mass is 281 g/mol. The molecule has 0 unspecified atom stereocenters. The van der Waals surface area contributed by atoms with E-state index in [0.29, 0.717) is 12.6 Å². The standard InChI is InChI=1S/C16H27NO3/c1-5-14(6-2)17(9-10-18)12-13-7-8-15(19-3)16(11-13)20-4/h7-8,11,14,18H,5-6,9-10,12H2,1-4H3. The molecule has 0 atom stereocenters. The van der Waals surface area contributed by atoms with Gasteiger partial charge < -0.3 is 14.6 Å². The first-order chi connectivity index (χ1) is 9.69. The van der Waals surface area contributed by atoms with Crippen molar-refractivity contribution >= 4 is 0 Å². The lowest BCUT2D eigenvalue weighted by Crippen LogP contribution is -2.36. The quantitative estimate of drug-likeness (QED) is 0.755. The van der Waals surface area contributed by atoms with Crippen molar-refractivity contribution in [2.24, 2.45) is 0 Å².